The molecule has 0 aliphatic heterocycles. The van der Waals surface area contributed by atoms with Crippen molar-refractivity contribution in [3.05, 3.63) is 35.9 Å². The van der Waals surface area contributed by atoms with Crippen molar-refractivity contribution < 1.29 is 4.79 Å². The summed E-state index contributed by atoms with van der Waals surface area (Å²) in [4.78, 5) is 11.5. The third kappa shape index (κ3) is 6.03. The van der Waals surface area contributed by atoms with Crippen LogP contribution in [0.2, 0.25) is 0 Å². The number of carbonyl (C=O) groups excluding carboxylic acids is 1. The topological polar surface area (TPSA) is 55.1 Å². The Balaban J connectivity index is 0.00000289. The van der Waals surface area contributed by atoms with E-state index in [-0.39, 0.29) is 23.9 Å². The summed E-state index contributed by atoms with van der Waals surface area (Å²) in [6.45, 7) is 5.75. The van der Waals surface area contributed by atoms with Crippen LogP contribution in [-0.2, 0) is 11.2 Å². The molecule has 1 aromatic rings. The lowest BCUT2D eigenvalue weighted by molar-refractivity contribution is -0.123. The van der Waals surface area contributed by atoms with Crippen molar-refractivity contribution >= 4 is 18.3 Å². The third-order valence-electron chi connectivity index (χ3n) is 2.76. The Morgan fingerprint density at radius 3 is 2.39 bits per heavy atom. The molecule has 0 bridgehead atoms. The Bertz CT molecular complexity index is 363. The van der Waals surface area contributed by atoms with Crippen LogP contribution in [0.25, 0.3) is 0 Å². The summed E-state index contributed by atoms with van der Waals surface area (Å²) in [5, 5.41) is 2.96. The van der Waals surface area contributed by atoms with Crippen molar-refractivity contribution in [2.45, 2.75) is 45.2 Å². The van der Waals surface area contributed by atoms with E-state index in [9.17, 15) is 4.79 Å². The van der Waals surface area contributed by atoms with Crippen molar-refractivity contribution in [2.75, 3.05) is 0 Å². The molecule has 0 aliphatic rings. The Kier molecular flexibility index (Phi) is 6.96. The third-order valence-corrected chi connectivity index (χ3v) is 2.76. The van der Waals surface area contributed by atoms with Crippen molar-refractivity contribution in [2.24, 2.45) is 5.73 Å². The van der Waals surface area contributed by atoms with E-state index in [2.05, 4.69) is 17.4 Å². The monoisotopic (exact) mass is 270 g/mol. The first-order valence-electron chi connectivity index (χ1n) is 6.02. The molecule has 0 heterocycles. The molecule has 102 valence electrons. The van der Waals surface area contributed by atoms with Gasteiger partial charge in [-0.3, -0.25) is 4.79 Å². The molecule has 3 nitrogen and oxygen atoms in total. The van der Waals surface area contributed by atoms with Gasteiger partial charge in [0.2, 0.25) is 5.91 Å². The van der Waals surface area contributed by atoms with Crippen LogP contribution in [0, 0.1) is 0 Å². The lowest BCUT2D eigenvalue weighted by atomic mass is 9.95. The van der Waals surface area contributed by atoms with Crippen molar-refractivity contribution in [1.29, 1.82) is 0 Å². The van der Waals surface area contributed by atoms with E-state index in [1.165, 1.54) is 5.56 Å². The zero-order valence-electron chi connectivity index (χ0n) is 11.3. The maximum atomic E-state index is 11.5. The number of nitrogens with two attached hydrogens (primary N) is 1. The summed E-state index contributed by atoms with van der Waals surface area (Å²) in [7, 11) is 0. The van der Waals surface area contributed by atoms with Gasteiger partial charge in [0.15, 0.2) is 0 Å². The van der Waals surface area contributed by atoms with Crippen LogP contribution in [0.3, 0.4) is 0 Å². The maximum absolute atomic E-state index is 11.5. The molecule has 1 aromatic carbocycles. The Hall–Kier alpha value is -1.06. The quantitative estimate of drug-likeness (QED) is 0.863. The number of aryl methyl sites for hydroxylation is 1. The van der Waals surface area contributed by atoms with E-state index in [4.69, 9.17) is 5.73 Å². The van der Waals surface area contributed by atoms with E-state index in [1.54, 1.807) is 6.92 Å². The first-order chi connectivity index (χ1) is 7.91. The van der Waals surface area contributed by atoms with E-state index in [1.807, 2.05) is 32.0 Å². The molecule has 0 aromatic heterocycles. The van der Waals surface area contributed by atoms with Crippen molar-refractivity contribution in [3.8, 4) is 0 Å². The second kappa shape index (κ2) is 7.39. The zero-order valence-corrected chi connectivity index (χ0v) is 12.1. The lowest BCUT2D eigenvalue weighted by Crippen LogP contribution is -2.49. The average molecular weight is 271 g/mol. The van der Waals surface area contributed by atoms with Crippen molar-refractivity contribution in [1.82, 2.24) is 5.32 Å². The molecule has 0 saturated carbocycles. The number of hydrogen-bond donors (Lipinski definition) is 2. The fraction of sp³-hybridized carbons (Fsp3) is 0.500. The van der Waals surface area contributed by atoms with Gasteiger partial charge in [0.1, 0.15) is 0 Å². The molecule has 0 radical (unpaired) electrons. The van der Waals surface area contributed by atoms with Gasteiger partial charge in [0, 0.05) is 5.54 Å². The van der Waals surface area contributed by atoms with E-state index in [0.717, 1.165) is 12.8 Å². The molecule has 0 unspecified atom stereocenters. The van der Waals surface area contributed by atoms with Crippen LogP contribution in [0.1, 0.15) is 32.8 Å². The maximum Gasteiger partial charge on any atom is 0.237 e. The van der Waals surface area contributed by atoms with Gasteiger partial charge in [0.05, 0.1) is 6.04 Å². The standard InChI is InChI=1S/C14H22N2O.ClH/c1-11(15)13(17)16-14(2,3)10-9-12-7-5-4-6-8-12;/h4-8,11H,9-10,15H2,1-3H3,(H,16,17);1H/t11-;/m1./s1. The fourth-order valence-corrected chi connectivity index (χ4v) is 1.61. The van der Waals surface area contributed by atoms with Gasteiger partial charge in [-0.1, -0.05) is 30.3 Å². The van der Waals surface area contributed by atoms with Crippen LogP contribution in [0.15, 0.2) is 30.3 Å². The van der Waals surface area contributed by atoms with E-state index >= 15 is 0 Å². The normalized spacial score (nSPS) is 12.4. The molecule has 0 saturated heterocycles. The summed E-state index contributed by atoms with van der Waals surface area (Å²) < 4.78 is 0. The SMILES string of the molecule is C[C@@H](N)C(=O)NC(C)(C)CCc1ccccc1.Cl. The minimum absolute atomic E-state index is 0. The first kappa shape index (κ1) is 16.9. The van der Waals surface area contributed by atoms with Gasteiger partial charge >= 0.3 is 0 Å². The highest BCUT2D eigenvalue weighted by atomic mass is 35.5. The Morgan fingerprint density at radius 1 is 1.33 bits per heavy atom. The van der Waals surface area contributed by atoms with Crippen LogP contribution < -0.4 is 11.1 Å². The highest BCUT2D eigenvalue weighted by Gasteiger charge is 2.21. The van der Waals surface area contributed by atoms with Crippen molar-refractivity contribution in [3.63, 3.8) is 0 Å². The molecular formula is C14H23ClN2O. The predicted octanol–water partition coefficient (Wildman–Crippen LogP) is 2.28. The molecule has 3 N–H and O–H groups in total. The lowest BCUT2D eigenvalue weighted by Gasteiger charge is -2.27. The molecule has 1 atom stereocenters. The minimum Gasteiger partial charge on any atom is -0.350 e. The molecule has 0 aliphatic carbocycles. The largest absolute Gasteiger partial charge is 0.350 e. The Labute approximate surface area is 116 Å². The van der Waals surface area contributed by atoms with Gasteiger partial charge in [-0.25, -0.2) is 0 Å². The molecule has 1 rings (SSSR count). The average Bonchev–Trinajstić information content (AvgIpc) is 2.27. The summed E-state index contributed by atoms with van der Waals surface area (Å²) in [6, 6.07) is 9.82. The van der Waals surface area contributed by atoms with Crippen LogP contribution in [0.5, 0.6) is 0 Å². The zero-order chi connectivity index (χ0) is 12.9. The number of benzene rings is 1. The smallest absolute Gasteiger partial charge is 0.237 e. The van der Waals surface area contributed by atoms with Gasteiger partial charge in [-0.15, -0.1) is 12.4 Å². The van der Waals surface area contributed by atoms with Crippen LogP contribution in [-0.4, -0.2) is 17.5 Å². The van der Waals surface area contributed by atoms with Gasteiger partial charge in [0.25, 0.3) is 0 Å². The number of rotatable bonds is 5. The van der Waals surface area contributed by atoms with E-state index in [0.29, 0.717) is 0 Å². The second-order valence-electron chi connectivity index (χ2n) is 5.15. The molecule has 18 heavy (non-hydrogen) atoms. The summed E-state index contributed by atoms with van der Waals surface area (Å²) in [5.74, 6) is -0.0944. The van der Waals surface area contributed by atoms with Gasteiger partial charge in [-0.2, -0.15) is 0 Å². The highest BCUT2D eigenvalue weighted by Crippen LogP contribution is 2.13. The van der Waals surface area contributed by atoms with Gasteiger partial charge < -0.3 is 11.1 Å². The van der Waals surface area contributed by atoms with Gasteiger partial charge in [-0.05, 0) is 39.2 Å². The number of carbonyl (C=O) groups is 1. The summed E-state index contributed by atoms with van der Waals surface area (Å²) in [6.07, 6.45) is 1.85. The molecule has 0 fully saturated rings. The fourth-order valence-electron chi connectivity index (χ4n) is 1.61. The molecule has 4 heteroatoms. The molecular weight excluding hydrogens is 248 g/mol. The first-order valence-corrected chi connectivity index (χ1v) is 6.02. The molecule has 1 amide bonds. The number of amides is 1. The van der Waals surface area contributed by atoms with Crippen LogP contribution >= 0.6 is 12.4 Å². The van der Waals surface area contributed by atoms with E-state index < -0.39 is 6.04 Å². The van der Waals surface area contributed by atoms with Crippen LogP contribution in [0.4, 0.5) is 0 Å². The number of nitrogens with one attached hydrogen (secondary N) is 1. The number of halogens is 1. The summed E-state index contributed by atoms with van der Waals surface area (Å²) >= 11 is 0. The predicted molar refractivity (Wildman–Crippen MR) is 77.9 cm³/mol. The number of hydrogen-bond acceptors (Lipinski definition) is 2. The molecule has 0 spiro atoms. The summed E-state index contributed by atoms with van der Waals surface area (Å²) in [5.41, 5.74) is 6.60. The highest BCUT2D eigenvalue weighted by molar-refractivity contribution is 5.85. The Morgan fingerprint density at radius 2 is 1.89 bits per heavy atom. The minimum atomic E-state index is -0.453. The second-order valence-corrected chi connectivity index (χ2v) is 5.15.